The number of nitrogens with zero attached hydrogens (tertiary/aromatic N) is 4. The fourth-order valence-electron chi connectivity index (χ4n) is 2.48. The van der Waals surface area contributed by atoms with Crippen LogP contribution in [0.1, 0.15) is 5.56 Å². The number of fused-ring (bicyclic) bond motifs is 1. The molecular formula is C19H14FN5O. The number of hydrogen-bond acceptors (Lipinski definition) is 6. The third-order valence-corrected chi connectivity index (χ3v) is 3.75. The first-order chi connectivity index (χ1) is 12.7. The Morgan fingerprint density at radius 1 is 0.923 bits per heavy atom. The van der Waals surface area contributed by atoms with Gasteiger partial charge >= 0.3 is 0 Å². The van der Waals surface area contributed by atoms with Gasteiger partial charge < -0.3 is 10.5 Å². The molecule has 0 spiro atoms. The van der Waals surface area contributed by atoms with Crippen LogP contribution in [-0.4, -0.2) is 19.9 Å². The summed E-state index contributed by atoms with van der Waals surface area (Å²) in [7, 11) is 0. The van der Waals surface area contributed by atoms with Crippen molar-refractivity contribution in [3.05, 3.63) is 72.2 Å². The Hall–Kier alpha value is -3.61. The third-order valence-electron chi connectivity index (χ3n) is 3.75. The number of aromatic nitrogens is 4. The van der Waals surface area contributed by atoms with Crippen molar-refractivity contribution >= 4 is 17.1 Å². The number of halogens is 1. The average Bonchev–Trinajstić information content (AvgIpc) is 2.67. The lowest BCUT2D eigenvalue weighted by Gasteiger charge is -2.09. The van der Waals surface area contributed by atoms with Crippen LogP contribution < -0.4 is 10.5 Å². The van der Waals surface area contributed by atoms with Crippen molar-refractivity contribution < 1.29 is 9.13 Å². The summed E-state index contributed by atoms with van der Waals surface area (Å²) < 4.78 is 18.9. The van der Waals surface area contributed by atoms with Crippen molar-refractivity contribution in [3.8, 4) is 17.1 Å². The van der Waals surface area contributed by atoms with Crippen LogP contribution in [0.2, 0.25) is 0 Å². The maximum atomic E-state index is 13.1. The highest BCUT2D eigenvalue weighted by molar-refractivity contribution is 5.79. The van der Waals surface area contributed by atoms with E-state index in [-0.39, 0.29) is 17.6 Å². The second-order valence-corrected chi connectivity index (χ2v) is 5.60. The molecule has 2 aromatic heterocycles. The fraction of sp³-hybridized carbons (Fsp3) is 0.0526. The minimum atomic E-state index is -0.314. The van der Waals surface area contributed by atoms with E-state index in [0.717, 1.165) is 11.1 Å². The van der Waals surface area contributed by atoms with E-state index in [2.05, 4.69) is 19.9 Å². The highest BCUT2D eigenvalue weighted by atomic mass is 19.1. The quantitative estimate of drug-likeness (QED) is 0.609. The van der Waals surface area contributed by atoms with Gasteiger partial charge in [-0.3, -0.25) is 0 Å². The number of benzene rings is 2. The molecule has 4 aromatic rings. The van der Waals surface area contributed by atoms with E-state index in [1.807, 2.05) is 30.3 Å². The molecule has 0 atom stereocenters. The molecule has 7 heteroatoms. The zero-order valence-corrected chi connectivity index (χ0v) is 13.6. The summed E-state index contributed by atoms with van der Waals surface area (Å²) in [6.45, 7) is 0.314. The Balaban J connectivity index is 1.73. The molecule has 0 amide bonds. The molecule has 0 saturated heterocycles. The monoisotopic (exact) mass is 347 g/mol. The number of rotatable bonds is 4. The first kappa shape index (κ1) is 15.9. The summed E-state index contributed by atoms with van der Waals surface area (Å²) >= 11 is 0. The molecule has 2 heterocycles. The predicted octanol–water partition coefficient (Wildman–Crippen LogP) is 3.39. The van der Waals surface area contributed by atoms with E-state index in [1.165, 1.54) is 12.1 Å². The van der Waals surface area contributed by atoms with Crippen LogP contribution in [0, 0.1) is 5.82 Å². The summed E-state index contributed by atoms with van der Waals surface area (Å²) in [6, 6.07) is 15.7. The van der Waals surface area contributed by atoms with E-state index in [9.17, 15) is 4.39 Å². The van der Waals surface area contributed by atoms with Crippen molar-refractivity contribution in [2.45, 2.75) is 6.61 Å². The highest BCUT2D eigenvalue weighted by Crippen LogP contribution is 2.25. The van der Waals surface area contributed by atoms with E-state index in [4.69, 9.17) is 10.5 Å². The maximum Gasteiger partial charge on any atom is 0.247 e. The normalized spacial score (nSPS) is 10.8. The summed E-state index contributed by atoms with van der Waals surface area (Å²) in [5.74, 6) is 0.00250. The van der Waals surface area contributed by atoms with Gasteiger partial charge in [0.2, 0.25) is 11.8 Å². The molecular weight excluding hydrogens is 333 g/mol. The molecule has 0 fully saturated rings. The first-order valence-electron chi connectivity index (χ1n) is 7.92. The Morgan fingerprint density at radius 2 is 1.69 bits per heavy atom. The van der Waals surface area contributed by atoms with Gasteiger partial charge in [-0.25, -0.2) is 14.4 Å². The van der Waals surface area contributed by atoms with E-state index < -0.39 is 0 Å². The van der Waals surface area contributed by atoms with Crippen molar-refractivity contribution in [1.82, 2.24) is 19.9 Å². The second kappa shape index (κ2) is 6.72. The number of ether oxygens (including phenoxy) is 1. The molecule has 0 saturated carbocycles. The van der Waals surface area contributed by atoms with Gasteiger partial charge in [-0.2, -0.15) is 9.97 Å². The van der Waals surface area contributed by atoms with Gasteiger partial charge in [-0.05, 0) is 29.8 Å². The minimum Gasteiger partial charge on any atom is -0.471 e. The van der Waals surface area contributed by atoms with Gasteiger partial charge in [0.1, 0.15) is 12.4 Å². The van der Waals surface area contributed by atoms with Crippen LogP contribution in [0.5, 0.6) is 5.88 Å². The van der Waals surface area contributed by atoms with Crippen LogP contribution in [0.4, 0.5) is 10.3 Å². The van der Waals surface area contributed by atoms with Gasteiger partial charge in [0.25, 0.3) is 0 Å². The van der Waals surface area contributed by atoms with Crippen LogP contribution in [0.25, 0.3) is 22.4 Å². The molecule has 0 unspecified atom stereocenters. The van der Waals surface area contributed by atoms with Crippen LogP contribution in [0.15, 0.2) is 60.8 Å². The lowest BCUT2D eigenvalue weighted by molar-refractivity contribution is 0.297. The second-order valence-electron chi connectivity index (χ2n) is 5.60. The number of nitrogen functional groups attached to an aromatic ring is 1. The topological polar surface area (TPSA) is 86.8 Å². The molecule has 2 aromatic carbocycles. The molecule has 6 nitrogen and oxygen atoms in total. The molecule has 4 rings (SSSR count). The zero-order chi connectivity index (χ0) is 17.9. The molecule has 0 bridgehead atoms. The molecule has 0 aliphatic heterocycles. The molecule has 26 heavy (non-hydrogen) atoms. The van der Waals surface area contributed by atoms with Crippen LogP contribution in [-0.2, 0) is 6.61 Å². The van der Waals surface area contributed by atoms with E-state index in [0.29, 0.717) is 23.5 Å². The molecule has 0 aliphatic rings. The van der Waals surface area contributed by atoms with Crippen molar-refractivity contribution in [3.63, 3.8) is 0 Å². The summed E-state index contributed by atoms with van der Waals surface area (Å²) in [4.78, 5) is 17.1. The Labute approximate surface area is 148 Å². The average molecular weight is 347 g/mol. The van der Waals surface area contributed by atoms with Gasteiger partial charge in [-0.15, -0.1) is 0 Å². The summed E-state index contributed by atoms with van der Waals surface area (Å²) in [6.07, 6.45) is 1.56. The maximum absolute atomic E-state index is 13.1. The predicted molar refractivity (Wildman–Crippen MR) is 95.7 cm³/mol. The highest BCUT2D eigenvalue weighted by Gasteiger charge is 2.13. The van der Waals surface area contributed by atoms with Gasteiger partial charge in [-0.1, -0.05) is 30.3 Å². The summed E-state index contributed by atoms with van der Waals surface area (Å²) in [5, 5.41) is 0. The number of nitrogens with two attached hydrogens (primary N) is 1. The lowest BCUT2D eigenvalue weighted by Crippen LogP contribution is -2.04. The molecule has 128 valence electrons. The zero-order valence-electron chi connectivity index (χ0n) is 13.6. The van der Waals surface area contributed by atoms with Crippen molar-refractivity contribution in [1.29, 1.82) is 0 Å². The lowest BCUT2D eigenvalue weighted by atomic mass is 10.1. The SMILES string of the molecule is Nc1nc(OCc2ccccc2)c2nc(-c3ccc(F)cc3)cnc2n1. The van der Waals surface area contributed by atoms with Gasteiger partial charge in [0.05, 0.1) is 11.9 Å². The van der Waals surface area contributed by atoms with Crippen LogP contribution in [0.3, 0.4) is 0 Å². The van der Waals surface area contributed by atoms with Crippen molar-refractivity contribution in [2.75, 3.05) is 5.73 Å². The Morgan fingerprint density at radius 3 is 2.46 bits per heavy atom. The minimum absolute atomic E-state index is 0.0596. The van der Waals surface area contributed by atoms with E-state index in [1.54, 1.807) is 18.3 Å². The molecule has 0 aliphatic carbocycles. The van der Waals surface area contributed by atoms with Gasteiger partial charge in [0.15, 0.2) is 11.2 Å². The molecule has 2 N–H and O–H groups in total. The fourth-order valence-corrected chi connectivity index (χ4v) is 2.48. The number of anilines is 1. The Bertz CT molecular complexity index is 1050. The molecule has 0 radical (unpaired) electrons. The van der Waals surface area contributed by atoms with Crippen LogP contribution >= 0.6 is 0 Å². The Kier molecular flexibility index (Phi) is 4.10. The smallest absolute Gasteiger partial charge is 0.247 e. The standard InChI is InChI=1S/C19H14FN5O/c20-14-8-6-13(7-9-14)15-10-22-17-16(23-15)18(25-19(21)24-17)26-11-12-4-2-1-3-5-12/h1-10H,11H2,(H2,21,22,24,25). The van der Waals surface area contributed by atoms with Crippen molar-refractivity contribution in [2.24, 2.45) is 0 Å². The van der Waals surface area contributed by atoms with E-state index >= 15 is 0 Å². The third kappa shape index (κ3) is 3.27. The number of hydrogen-bond donors (Lipinski definition) is 1. The first-order valence-corrected chi connectivity index (χ1v) is 7.92. The largest absolute Gasteiger partial charge is 0.471 e. The van der Waals surface area contributed by atoms with Gasteiger partial charge in [0, 0.05) is 5.56 Å². The summed E-state index contributed by atoms with van der Waals surface area (Å²) in [5.41, 5.74) is 8.77.